The van der Waals surface area contributed by atoms with Crippen LogP contribution in [0.1, 0.15) is 141 Å². The molecule has 0 aliphatic heterocycles. The molecule has 0 atom stereocenters. The van der Waals surface area contributed by atoms with Crippen LogP contribution >= 0.6 is 11.8 Å². The fourth-order valence-corrected chi connectivity index (χ4v) is 1.39. The Kier molecular flexibility index (Phi) is 240. The normalized spacial score (nSPS) is 10.3. The Morgan fingerprint density at radius 2 is 0.708 bits per heavy atom. The lowest BCUT2D eigenvalue weighted by Crippen LogP contribution is -2.16. The summed E-state index contributed by atoms with van der Waals surface area (Å²) in [6.45, 7) is 18.1. The van der Waals surface area contributed by atoms with Gasteiger partial charge < -0.3 is 28.5 Å². The lowest BCUT2D eigenvalue weighted by Gasteiger charge is -2.28. The molecule has 0 heterocycles. The summed E-state index contributed by atoms with van der Waals surface area (Å²) >= 11 is 1.75. The summed E-state index contributed by atoms with van der Waals surface area (Å²) < 4.78 is 20.5. The number of rotatable bonds is 0. The Bertz CT molecular complexity index is 551. The number of ether oxygens (including phenoxy) is 5. The number of ketones is 1. The summed E-state index contributed by atoms with van der Waals surface area (Å²) in [5.41, 5.74) is 0. The van der Waals surface area contributed by atoms with Crippen molar-refractivity contribution in [1.82, 2.24) is 0 Å². The highest BCUT2D eigenvalue weighted by molar-refractivity contribution is 7.97. The number of carbonyl (C=O) groups is 4. The Hall–Kier alpha value is -2.51. The minimum absolute atomic E-state index is 0. The first-order chi connectivity index (χ1) is 18.5. The third kappa shape index (κ3) is 327. The zero-order valence-corrected chi connectivity index (χ0v) is 29.6. The van der Waals surface area contributed by atoms with E-state index in [-0.39, 0.29) is 77.1 Å². The fourth-order valence-electron chi connectivity index (χ4n) is 1.39. The molecule has 0 N–H and O–H groups in total. The maximum absolute atomic E-state index is 9.74. The second kappa shape index (κ2) is 111. The highest BCUT2D eigenvalue weighted by atomic mass is 32.2. The third-order valence-corrected chi connectivity index (χ3v) is 3.10. The van der Waals surface area contributed by atoms with Crippen LogP contribution in [0.5, 0.6) is 0 Å². The van der Waals surface area contributed by atoms with E-state index in [1.165, 1.54) is 69.0 Å². The van der Waals surface area contributed by atoms with E-state index in [1.54, 1.807) is 26.0 Å². The van der Waals surface area contributed by atoms with E-state index in [0.29, 0.717) is 0 Å². The lowest BCUT2D eigenvalue weighted by atomic mass is 9.78. The van der Waals surface area contributed by atoms with Crippen LogP contribution in [0.3, 0.4) is 0 Å². The average Bonchev–Trinajstić information content (AvgIpc) is 2.89. The van der Waals surface area contributed by atoms with Crippen molar-refractivity contribution in [2.45, 2.75) is 141 Å². The van der Waals surface area contributed by atoms with Crippen LogP contribution in [-0.2, 0) is 38.1 Å². The van der Waals surface area contributed by atoms with Crippen molar-refractivity contribution in [1.29, 1.82) is 0 Å². The Labute approximate surface area is 310 Å². The molecule has 0 bridgehead atoms. The molecule has 0 spiro atoms. The zero-order valence-electron chi connectivity index (χ0n) is 28.8. The summed E-state index contributed by atoms with van der Waals surface area (Å²) in [5.74, 6) is 7.12. The van der Waals surface area contributed by atoms with Crippen LogP contribution in [0.2, 0.25) is 0 Å². The Morgan fingerprint density at radius 3 is 0.708 bits per heavy atom. The van der Waals surface area contributed by atoms with Crippen molar-refractivity contribution >= 4 is 35.6 Å². The van der Waals surface area contributed by atoms with Gasteiger partial charge in [-0.15, -0.1) is 11.8 Å². The van der Waals surface area contributed by atoms with Gasteiger partial charge >= 0.3 is 18.1 Å². The molecule has 1 aliphatic carbocycles. The first-order valence-corrected chi connectivity index (χ1v) is 14.1. The Balaban J connectivity index is -0.0000000169. The largest absolute Gasteiger partial charge is 0.507 e. The van der Waals surface area contributed by atoms with Gasteiger partial charge in [-0.2, -0.15) is 11.8 Å². The summed E-state index contributed by atoms with van der Waals surface area (Å²) in [6, 6.07) is 0. The Morgan fingerprint density at radius 1 is 0.562 bits per heavy atom. The van der Waals surface area contributed by atoms with Crippen LogP contribution < -0.4 is 0 Å². The van der Waals surface area contributed by atoms with Crippen molar-refractivity contribution in [3.8, 4) is 11.8 Å². The fraction of sp³-hybridized carbons (Fsp3) is 0.789. The molecule has 0 radical (unpaired) electrons. The predicted octanol–water partition coefficient (Wildman–Crippen LogP) is 12.3. The molecular weight excluding hydrogens is 632 g/mol. The number of hydrogen-bond acceptors (Lipinski definition) is 10. The first kappa shape index (κ1) is 104. The highest BCUT2D eigenvalue weighted by Crippen LogP contribution is 2.31. The number of carbonyl (C=O) groups excluding carboxylic acids is 4. The van der Waals surface area contributed by atoms with E-state index in [4.69, 9.17) is 0 Å². The minimum atomic E-state index is -0.657. The van der Waals surface area contributed by atoms with E-state index >= 15 is 0 Å². The summed E-state index contributed by atoms with van der Waals surface area (Å²) in [4.78, 5) is 38.4. The number of methoxy groups -OCH3 is 5. The molecule has 48 heavy (non-hydrogen) atoms. The standard InChI is InChI=1S/C6H12.C4H8.C4H6.C3H6O3.2C3H6O2.C3H6O.C2H6O.C2H6S.8CH4/c1-5-3-6(2)4-5;2*1-3-4-2;1-5-3(4)6-2;2*1-3(4)5-2;1-3(2)4;2*1-3-2;;;;;;;;/h5-6H,3-4H2,1-2H3;3-4H,1-2H3;1-2H3;1-2H3;2*1-2H3;1-2H3;2*1-2H3;8*1H4. The molecule has 1 aliphatic rings. The van der Waals surface area contributed by atoms with Gasteiger partial charge in [0.2, 0.25) is 0 Å². The number of esters is 2. The smallest absolute Gasteiger partial charge is 0.469 e. The molecular formula is C38H94O9S. The minimum Gasteiger partial charge on any atom is -0.469 e. The number of thioether (sulfide) groups is 1. The SMILES string of the molecule is C.C.C.C.C.C.C.C.CC#CC.CC(C)=O.CC1CC(C)C1.CC=CC.COC.COC(=O)OC.COC(C)=O.COC(C)=O.CSC. The zero-order chi connectivity index (χ0) is 33.9. The molecule has 0 unspecified atom stereocenters. The molecule has 0 amide bonds. The third-order valence-electron chi connectivity index (χ3n) is 3.10. The number of allylic oxidation sites excluding steroid dienone is 2. The van der Waals surface area contributed by atoms with Crippen LogP contribution in [0.4, 0.5) is 4.79 Å². The molecule has 0 aromatic rings. The van der Waals surface area contributed by atoms with Crippen molar-refractivity contribution in [2.75, 3.05) is 55.2 Å². The quantitative estimate of drug-likeness (QED) is 0.103. The van der Waals surface area contributed by atoms with Crippen LogP contribution in [0, 0.1) is 23.7 Å². The van der Waals surface area contributed by atoms with Gasteiger partial charge in [0.1, 0.15) is 5.78 Å². The van der Waals surface area contributed by atoms with Gasteiger partial charge in [-0.1, -0.05) is 85.4 Å². The van der Waals surface area contributed by atoms with Gasteiger partial charge in [-0.3, -0.25) is 9.59 Å². The number of Topliss-reactive ketones (excluding diaryl/α,β-unsaturated/α-hetero) is 1. The monoisotopic (exact) mass is 727 g/mol. The summed E-state index contributed by atoms with van der Waals surface area (Å²) in [6.07, 6.45) is 10.4. The first-order valence-electron chi connectivity index (χ1n) is 12.4. The van der Waals surface area contributed by atoms with Crippen LogP contribution in [-0.4, -0.2) is 79.0 Å². The lowest BCUT2D eigenvalue weighted by molar-refractivity contribution is -0.138. The summed E-state index contributed by atoms with van der Waals surface area (Å²) in [5, 5.41) is 0. The van der Waals surface area contributed by atoms with E-state index < -0.39 is 6.16 Å². The molecule has 10 heteroatoms. The van der Waals surface area contributed by atoms with Crippen molar-refractivity contribution in [2.24, 2.45) is 11.8 Å². The van der Waals surface area contributed by atoms with Crippen LogP contribution in [0.25, 0.3) is 0 Å². The summed E-state index contributed by atoms with van der Waals surface area (Å²) in [7, 11) is 8.46. The van der Waals surface area contributed by atoms with Gasteiger partial charge in [0, 0.05) is 28.1 Å². The molecule has 1 fully saturated rings. The molecule has 9 nitrogen and oxygen atoms in total. The topological polar surface area (TPSA) is 114 Å². The van der Waals surface area contributed by atoms with Crippen molar-refractivity contribution in [3.05, 3.63) is 12.2 Å². The van der Waals surface area contributed by atoms with Crippen molar-refractivity contribution < 1.29 is 42.9 Å². The molecule has 0 saturated heterocycles. The maximum Gasteiger partial charge on any atom is 0.507 e. The molecule has 0 aromatic carbocycles. The van der Waals surface area contributed by atoms with Gasteiger partial charge in [-0.25, -0.2) is 4.79 Å². The van der Waals surface area contributed by atoms with Gasteiger partial charge in [0.15, 0.2) is 0 Å². The molecule has 0 aromatic heterocycles. The molecule has 306 valence electrons. The second-order valence-corrected chi connectivity index (χ2v) is 8.44. The van der Waals surface area contributed by atoms with E-state index in [9.17, 15) is 19.2 Å². The van der Waals surface area contributed by atoms with Gasteiger partial charge in [-0.05, 0) is 78.7 Å². The predicted molar refractivity (Wildman–Crippen MR) is 225 cm³/mol. The van der Waals surface area contributed by atoms with E-state index in [2.05, 4.69) is 49.4 Å². The average molecular weight is 727 g/mol. The van der Waals surface area contributed by atoms with Gasteiger partial charge in [0.05, 0.1) is 28.4 Å². The molecule has 1 saturated carbocycles. The van der Waals surface area contributed by atoms with E-state index in [1.807, 2.05) is 52.4 Å². The number of hydrogen-bond donors (Lipinski definition) is 0. The van der Waals surface area contributed by atoms with E-state index in [0.717, 1.165) is 11.8 Å². The maximum atomic E-state index is 9.74. The van der Waals surface area contributed by atoms with Crippen LogP contribution in [0.15, 0.2) is 12.2 Å². The second-order valence-electron chi connectivity index (χ2n) is 7.62. The molecule has 1 rings (SSSR count). The highest BCUT2D eigenvalue weighted by Gasteiger charge is 2.19. The van der Waals surface area contributed by atoms with Crippen molar-refractivity contribution in [3.63, 3.8) is 0 Å². The van der Waals surface area contributed by atoms with Gasteiger partial charge in [0.25, 0.3) is 0 Å².